The number of hydrogen-bond acceptors (Lipinski definition) is 3. The van der Waals surface area contributed by atoms with Crippen LogP contribution in [-0.2, 0) is 0 Å². The van der Waals surface area contributed by atoms with Crippen LogP contribution in [0.15, 0.2) is 18.2 Å². The molecular formula is C17H25N3O. The molecule has 2 N–H and O–H groups in total. The van der Waals surface area contributed by atoms with Crippen molar-refractivity contribution in [1.82, 2.24) is 9.55 Å². The summed E-state index contributed by atoms with van der Waals surface area (Å²) in [5.41, 5.74) is 8.23. The molecule has 2 aromatic rings. The third-order valence-electron chi connectivity index (χ3n) is 4.53. The SMILES string of the molecule is CCOc1cccc2c1nc(N)n2C1CC(C)CC(C)C1. The van der Waals surface area contributed by atoms with Gasteiger partial charge in [0.2, 0.25) is 5.95 Å². The zero-order chi connectivity index (χ0) is 15.0. The van der Waals surface area contributed by atoms with Crippen molar-refractivity contribution in [3.63, 3.8) is 0 Å². The van der Waals surface area contributed by atoms with Gasteiger partial charge >= 0.3 is 0 Å². The van der Waals surface area contributed by atoms with E-state index in [0.717, 1.165) is 28.6 Å². The molecule has 1 aliphatic carbocycles. The van der Waals surface area contributed by atoms with E-state index in [4.69, 9.17) is 10.5 Å². The molecular weight excluding hydrogens is 262 g/mol. The van der Waals surface area contributed by atoms with Gasteiger partial charge in [0.25, 0.3) is 0 Å². The highest BCUT2D eigenvalue weighted by Gasteiger charge is 2.28. The highest BCUT2D eigenvalue weighted by molar-refractivity contribution is 5.84. The number of hydrogen-bond donors (Lipinski definition) is 1. The fourth-order valence-electron chi connectivity index (χ4n) is 3.88. The van der Waals surface area contributed by atoms with Gasteiger partial charge in [0, 0.05) is 6.04 Å². The van der Waals surface area contributed by atoms with Crippen LogP contribution in [0, 0.1) is 11.8 Å². The molecule has 1 aliphatic rings. The number of nitrogens with zero attached hydrogens (tertiary/aromatic N) is 2. The topological polar surface area (TPSA) is 53.1 Å². The molecule has 114 valence electrons. The quantitative estimate of drug-likeness (QED) is 0.927. The Hall–Kier alpha value is -1.71. The summed E-state index contributed by atoms with van der Waals surface area (Å²) in [7, 11) is 0. The van der Waals surface area contributed by atoms with Crippen molar-refractivity contribution in [2.75, 3.05) is 12.3 Å². The molecule has 0 bridgehead atoms. The third kappa shape index (κ3) is 2.59. The lowest BCUT2D eigenvalue weighted by Crippen LogP contribution is -2.23. The minimum absolute atomic E-state index is 0.450. The van der Waals surface area contributed by atoms with Crippen molar-refractivity contribution in [1.29, 1.82) is 0 Å². The second-order valence-corrected chi connectivity index (χ2v) is 6.47. The number of benzene rings is 1. The number of nitrogens with two attached hydrogens (primary N) is 1. The molecule has 1 aromatic carbocycles. The number of aromatic nitrogens is 2. The molecule has 1 aromatic heterocycles. The standard InChI is InChI=1S/C17H25N3O/c1-4-21-15-7-5-6-14-16(15)19-17(18)20(14)13-9-11(2)8-12(3)10-13/h5-7,11-13H,4,8-10H2,1-3H3,(H2,18,19). The molecule has 4 heteroatoms. The smallest absolute Gasteiger partial charge is 0.201 e. The lowest BCUT2D eigenvalue weighted by Gasteiger charge is -2.33. The summed E-state index contributed by atoms with van der Waals surface area (Å²) in [6.45, 7) is 7.31. The van der Waals surface area contributed by atoms with Crippen LogP contribution >= 0.6 is 0 Å². The van der Waals surface area contributed by atoms with Crippen LogP contribution in [0.25, 0.3) is 11.0 Å². The second-order valence-electron chi connectivity index (χ2n) is 6.47. The van der Waals surface area contributed by atoms with E-state index in [1.54, 1.807) is 0 Å². The Morgan fingerprint density at radius 2 is 1.95 bits per heavy atom. The normalized spacial score (nSPS) is 26.1. The number of rotatable bonds is 3. The molecule has 1 fully saturated rings. The van der Waals surface area contributed by atoms with Crippen molar-refractivity contribution in [3.05, 3.63) is 18.2 Å². The molecule has 2 atom stereocenters. The van der Waals surface area contributed by atoms with E-state index in [-0.39, 0.29) is 0 Å². The second kappa shape index (κ2) is 5.58. The van der Waals surface area contributed by atoms with Crippen LogP contribution < -0.4 is 10.5 Å². The Morgan fingerprint density at radius 3 is 2.62 bits per heavy atom. The molecule has 2 unspecified atom stereocenters. The lowest BCUT2D eigenvalue weighted by molar-refractivity contribution is 0.226. The number of anilines is 1. The van der Waals surface area contributed by atoms with Gasteiger partial charge in [-0.15, -0.1) is 0 Å². The minimum atomic E-state index is 0.450. The van der Waals surface area contributed by atoms with Crippen molar-refractivity contribution in [2.24, 2.45) is 11.8 Å². The minimum Gasteiger partial charge on any atom is -0.492 e. The van der Waals surface area contributed by atoms with Gasteiger partial charge in [-0.1, -0.05) is 19.9 Å². The molecule has 0 amide bonds. The monoisotopic (exact) mass is 287 g/mol. The summed E-state index contributed by atoms with van der Waals surface area (Å²) < 4.78 is 7.91. The lowest BCUT2D eigenvalue weighted by atomic mass is 9.80. The summed E-state index contributed by atoms with van der Waals surface area (Å²) in [4.78, 5) is 4.57. The fraction of sp³-hybridized carbons (Fsp3) is 0.588. The average Bonchev–Trinajstić information content (AvgIpc) is 2.75. The first-order valence-electron chi connectivity index (χ1n) is 7.99. The third-order valence-corrected chi connectivity index (χ3v) is 4.53. The van der Waals surface area contributed by atoms with Gasteiger partial charge in [0.1, 0.15) is 11.3 Å². The predicted molar refractivity (Wildman–Crippen MR) is 86.5 cm³/mol. The maximum Gasteiger partial charge on any atom is 0.201 e. The van der Waals surface area contributed by atoms with E-state index in [9.17, 15) is 0 Å². The van der Waals surface area contributed by atoms with Gasteiger partial charge in [-0.2, -0.15) is 0 Å². The largest absolute Gasteiger partial charge is 0.492 e. The van der Waals surface area contributed by atoms with Gasteiger partial charge < -0.3 is 15.0 Å². The van der Waals surface area contributed by atoms with Gasteiger partial charge in [-0.05, 0) is 50.2 Å². The highest BCUT2D eigenvalue weighted by Crippen LogP contribution is 2.40. The van der Waals surface area contributed by atoms with Crippen molar-refractivity contribution >= 4 is 17.0 Å². The zero-order valence-corrected chi connectivity index (χ0v) is 13.2. The maximum absolute atomic E-state index is 6.24. The molecule has 4 nitrogen and oxygen atoms in total. The zero-order valence-electron chi connectivity index (χ0n) is 13.2. The first-order chi connectivity index (χ1) is 10.1. The molecule has 0 saturated heterocycles. The van der Waals surface area contributed by atoms with E-state index in [1.807, 2.05) is 19.1 Å². The van der Waals surface area contributed by atoms with E-state index >= 15 is 0 Å². The molecule has 21 heavy (non-hydrogen) atoms. The number of fused-ring (bicyclic) bond motifs is 1. The average molecular weight is 287 g/mol. The summed E-state index contributed by atoms with van der Waals surface area (Å²) >= 11 is 0. The number of ether oxygens (including phenoxy) is 1. The summed E-state index contributed by atoms with van der Waals surface area (Å²) in [6.07, 6.45) is 3.67. The summed E-state index contributed by atoms with van der Waals surface area (Å²) in [6, 6.07) is 6.55. The van der Waals surface area contributed by atoms with Crippen LogP contribution in [0.5, 0.6) is 5.75 Å². The van der Waals surface area contributed by atoms with Crippen molar-refractivity contribution < 1.29 is 4.74 Å². The summed E-state index contributed by atoms with van der Waals surface area (Å²) in [5.74, 6) is 2.93. The highest BCUT2D eigenvalue weighted by atomic mass is 16.5. The maximum atomic E-state index is 6.24. The van der Waals surface area contributed by atoms with Crippen LogP contribution in [-0.4, -0.2) is 16.2 Å². The number of para-hydroxylation sites is 1. The van der Waals surface area contributed by atoms with Crippen LogP contribution in [0.3, 0.4) is 0 Å². The Balaban J connectivity index is 2.06. The molecule has 0 aliphatic heterocycles. The Bertz CT molecular complexity index is 624. The van der Waals surface area contributed by atoms with E-state index in [1.165, 1.54) is 19.3 Å². The van der Waals surface area contributed by atoms with E-state index in [0.29, 0.717) is 18.6 Å². The fourth-order valence-corrected chi connectivity index (χ4v) is 3.88. The molecule has 3 rings (SSSR count). The van der Waals surface area contributed by atoms with Crippen molar-refractivity contribution in [3.8, 4) is 5.75 Å². The molecule has 0 radical (unpaired) electrons. The van der Waals surface area contributed by atoms with Crippen molar-refractivity contribution in [2.45, 2.75) is 46.1 Å². The van der Waals surface area contributed by atoms with Gasteiger partial charge in [0.05, 0.1) is 12.1 Å². The van der Waals surface area contributed by atoms with E-state index < -0.39 is 0 Å². The van der Waals surface area contributed by atoms with Gasteiger partial charge in [-0.25, -0.2) is 4.98 Å². The van der Waals surface area contributed by atoms with Crippen LogP contribution in [0.1, 0.15) is 46.1 Å². The molecule has 1 saturated carbocycles. The first-order valence-corrected chi connectivity index (χ1v) is 7.99. The van der Waals surface area contributed by atoms with Crippen LogP contribution in [0.2, 0.25) is 0 Å². The number of imidazole rings is 1. The summed E-state index contributed by atoms with van der Waals surface area (Å²) in [5, 5.41) is 0. The Kier molecular flexibility index (Phi) is 3.79. The Labute approximate surface area is 126 Å². The molecule has 0 spiro atoms. The van der Waals surface area contributed by atoms with Crippen LogP contribution in [0.4, 0.5) is 5.95 Å². The Morgan fingerprint density at radius 1 is 1.24 bits per heavy atom. The number of nitrogen functional groups attached to an aromatic ring is 1. The van der Waals surface area contributed by atoms with Gasteiger partial charge in [0.15, 0.2) is 0 Å². The van der Waals surface area contributed by atoms with Gasteiger partial charge in [-0.3, -0.25) is 0 Å². The predicted octanol–water partition coefficient (Wildman–Crippen LogP) is 4.01. The first kappa shape index (κ1) is 14.2. The molecule has 1 heterocycles. The van der Waals surface area contributed by atoms with E-state index in [2.05, 4.69) is 29.5 Å².